The Labute approximate surface area is 182 Å². The Morgan fingerprint density at radius 3 is 2.81 bits per heavy atom. The van der Waals surface area contributed by atoms with Gasteiger partial charge in [-0.25, -0.2) is 10.2 Å². The van der Waals surface area contributed by atoms with Crippen LogP contribution in [0.3, 0.4) is 0 Å². The number of likely N-dealkylation sites (tertiary alicyclic amines) is 1. The lowest BCUT2D eigenvalue weighted by Crippen LogP contribution is -2.46. The highest BCUT2D eigenvalue weighted by molar-refractivity contribution is 5.92. The van der Waals surface area contributed by atoms with Gasteiger partial charge in [-0.3, -0.25) is 4.98 Å². The van der Waals surface area contributed by atoms with Gasteiger partial charge >= 0.3 is 6.03 Å². The molecule has 1 aromatic carbocycles. The monoisotopic (exact) mass is 423 g/mol. The minimum Gasteiger partial charge on any atom is -0.493 e. The number of benzene rings is 1. The summed E-state index contributed by atoms with van der Waals surface area (Å²) in [5.41, 5.74) is 5.60. The number of nitrogens with one attached hydrogen (secondary N) is 2. The van der Waals surface area contributed by atoms with E-state index >= 15 is 0 Å². The highest BCUT2D eigenvalue weighted by atomic mass is 16.5. The Bertz CT molecular complexity index is 965. The zero-order valence-electron chi connectivity index (χ0n) is 18.2. The highest BCUT2D eigenvalue weighted by Gasteiger charge is 2.49. The molecule has 0 radical (unpaired) electrons. The maximum atomic E-state index is 12.2. The summed E-state index contributed by atoms with van der Waals surface area (Å²) in [5, 5.41) is 7.16. The normalized spacial score (nSPS) is 24.5. The van der Waals surface area contributed by atoms with E-state index in [1.165, 1.54) is 5.56 Å². The molecular weight excluding hydrogens is 394 g/mol. The Kier molecular flexibility index (Phi) is 6.08. The van der Waals surface area contributed by atoms with Crippen LogP contribution in [0.15, 0.2) is 47.8 Å². The maximum absolute atomic E-state index is 12.2. The number of hydrazone groups is 1. The number of ether oxygens (including phenoxy) is 2. The van der Waals surface area contributed by atoms with Crippen molar-refractivity contribution in [2.75, 3.05) is 33.1 Å². The number of hydrogen-bond donors (Lipinski definition) is 2. The van der Waals surface area contributed by atoms with Crippen molar-refractivity contribution in [3.8, 4) is 11.5 Å². The number of nitrogens with zero attached hydrogens (tertiary/aromatic N) is 3. The van der Waals surface area contributed by atoms with Gasteiger partial charge in [-0.1, -0.05) is 6.07 Å². The Morgan fingerprint density at radius 2 is 2.06 bits per heavy atom. The smallest absolute Gasteiger partial charge is 0.339 e. The summed E-state index contributed by atoms with van der Waals surface area (Å²) < 4.78 is 11.0. The fourth-order valence-electron chi connectivity index (χ4n) is 4.91. The molecule has 8 nitrogen and oxygen atoms in total. The summed E-state index contributed by atoms with van der Waals surface area (Å²) in [6.07, 6.45) is 6.98. The number of carbonyl (C=O) groups excluding carboxylic acids is 1. The van der Waals surface area contributed by atoms with E-state index in [1.54, 1.807) is 38.7 Å². The number of pyridine rings is 1. The Balaban J connectivity index is 1.49. The lowest BCUT2D eigenvalue weighted by atomic mass is 9.65. The van der Waals surface area contributed by atoms with Gasteiger partial charge in [0.15, 0.2) is 11.5 Å². The van der Waals surface area contributed by atoms with Gasteiger partial charge < -0.3 is 19.7 Å². The molecule has 164 valence electrons. The van der Waals surface area contributed by atoms with Crippen LogP contribution in [0.2, 0.25) is 0 Å². The van der Waals surface area contributed by atoms with E-state index in [0.29, 0.717) is 11.7 Å². The first kappa shape index (κ1) is 21.1. The second kappa shape index (κ2) is 8.93. The number of methoxy groups -OCH3 is 2. The van der Waals surface area contributed by atoms with Crippen molar-refractivity contribution in [1.29, 1.82) is 0 Å². The molecule has 2 aromatic rings. The minimum absolute atomic E-state index is 0.0469. The van der Waals surface area contributed by atoms with Crippen LogP contribution in [0.25, 0.3) is 0 Å². The van der Waals surface area contributed by atoms with E-state index in [-0.39, 0.29) is 11.4 Å². The summed E-state index contributed by atoms with van der Waals surface area (Å²) in [4.78, 5) is 18.6. The van der Waals surface area contributed by atoms with E-state index in [2.05, 4.69) is 44.9 Å². The van der Waals surface area contributed by atoms with Gasteiger partial charge in [-0.2, -0.15) is 5.10 Å². The molecule has 1 saturated carbocycles. The van der Waals surface area contributed by atoms with Crippen LogP contribution in [-0.4, -0.2) is 55.5 Å². The number of hydrogen-bond acceptors (Lipinski definition) is 6. The maximum Gasteiger partial charge on any atom is 0.339 e. The van der Waals surface area contributed by atoms with Gasteiger partial charge in [0, 0.05) is 29.8 Å². The molecular formula is C23H29N5O3. The number of urea groups is 1. The number of amides is 2. The van der Waals surface area contributed by atoms with Crippen LogP contribution in [-0.2, 0) is 5.41 Å². The zero-order valence-corrected chi connectivity index (χ0v) is 18.2. The standard InChI is InChI=1S/C23H29N5O3/c1-28-12-10-23(16-6-7-19(30-2)20(13-16)31-3)9-8-17(14-21(23)28)26-27-22(29)25-18-5-4-11-24-15-18/h4-7,11,13,15,21H,8-10,12,14H2,1-3H3,(H2,25,27,29)/b26-17+/t21-,23-/m0/s1. The fourth-order valence-corrected chi connectivity index (χ4v) is 4.91. The number of likely N-dealkylation sites (N-methyl/N-ethyl adjacent to an activating group) is 1. The van der Waals surface area contributed by atoms with Crippen LogP contribution in [0.4, 0.5) is 10.5 Å². The third-order valence-electron chi connectivity index (χ3n) is 6.56. The molecule has 1 aliphatic heterocycles. The Hall–Kier alpha value is -3.13. The summed E-state index contributed by atoms with van der Waals surface area (Å²) in [6.45, 7) is 1.03. The van der Waals surface area contributed by atoms with Crippen LogP contribution in [0, 0.1) is 0 Å². The second-order valence-electron chi connectivity index (χ2n) is 8.16. The first-order valence-corrected chi connectivity index (χ1v) is 10.5. The molecule has 4 rings (SSSR count). The third-order valence-corrected chi connectivity index (χ3v) is 6.56. The molecule has 2 fully saturated rings. The average Bonchev–Trinajstić information content (AvgIpc) is 3.15. The van der Waals surface area contributed by atoms with Crippen molar-refractivity contribution in [2.45, 2.75) is 37.1 Å². The number of fused-ring (bicyclic) bond motifs is 1. The third kappa shape index (κ3) is 4.20. The molecule has 1 saturated heterocycles. The van der Waals surface area contributed by atoms with Gasteiger partial charge in [0.25, 0.3) is 0 Å². The molecule has 0 spiro atoms. The number of rotatable bonds is 5. The first-order valence-electron chi connectivity index (χ1n) is 10.5. The van der Waals surface area contributed by atoms with Crippen LogP contribution in [0.1, 0.15) is 31.2 Å². The van der Waals surface area contributed by atoms with Gasteiger partial charge in [0.05, 0.1) is 26.1 Å². The molecule has 8 heteroatoms. The summed E-state index contributed by atoms with van der Waals surface area (Å²) in [6, 6.07) is 9.78. The second-order valence-corrected chi connectivity index (χ2v) is 8.16. The summed E-state index contributed by atoms with van der Waals surface area (Å²) >= 11 is 0. The quantitative estimate of drug-likeness (QED) is 0.720. The van der Waals surface area contributed by atoms with Crippen LogP contribution >= 0.6 is 0 Å². The van der Waals surface area contributed by atoms with Crippen LogP contribution < -0.4 is 20.2 Å². The lowest BCUT2D eigenvalue weighted by Gasteiger charge is -2.42. The van der Waals surface area contributed by atoms with Crippen molar-refractivity contribution < 1.29 is 14.3 Å². The molecule has 31 heavy (non-hydrogen) atoms. The fraction of sp³-hybridized carbons (Fsp3) is 0.435. The van der Waals surface area contributed by atoms with Gasteiger partial charge in [-0.15, -0.1) is 0 Å². The number of anilines is 1. The average molecular weight is 424 g/mol. The molecule has 2 N–H and O–H groups in total. The van der Waals surface area contributed by atoms with Gasteiger partial charge in [-0.05, 0) is 62.7 Å². The number of aromatic nitrogens is 1. The molecule has 2 atom stereocenters. The molecule has 1 aliphatic carbocycles. The summed E-state index contributed by atoms with van der Waals surface area (Å²) in [7, 11) is 5.49. The SMILES string of the molecule is COc1ccc([C@@]23CC/C(=N\NC(=O)Nc4cccnc4)C[C@@H]2N(C)CC3)cc1OC. The highest BCUT2D eigenvalue weighted by Crippen LogP contribution is 2.49. The lowest BCUT2D eigenvalue weighted by molar-refractivity contribution is 0.225. The van der Waals surface area contributed by atoms with Crippen molar-refractivity contribution >= 4 is 17.4 Å². The van der Waals surface area contributed by atoms with E-state index in [1.807, 2.05) is 6.07 Å². The number of carbonyl (C=O) groups is 1. The largest absolute Gasteiger partial charge is 0.493 e. The first-order chi connectivity index (χ1) is 15.1. The Morgan fingerprint density at radius 1 is 1.23 bits per heavy atom. The van der Waals surface area contributed by atoms with Gasteiger partial charge in [0.1, 0.15) is 0 Å². The van der Waals surface area contributed by atoms with Crippen molar-refractivity contribution in [2.24, 2.45) is 5.10 Å². The van der Waals surface area contributed by atoms with Crippen molar-refractivity contribution in [1.82, 2.24) is 15.3 Å². The van der Waals surface area contributed by atoms with Crippen molar-refractivity contribution in [3.05, 3.63) is 48.3 Å². The molecule has 2 amide bonds. The molecule has 2 heterocycles. The molecule has 2 aliphatic rings. The summed E-state index contributed by atoms with van der Waals surface area (Å²) in [5.74, 6) is 1.50. The molecule has 0 bridgehead atoms. The van der Waals surface area contributed by atoms with Crippen molar-refractivity contribution in [3.63, 3.8) is 0 Å². The molecule has 1 aromatic heterocycles. The van der Waals surface area contributed by atoms with Gasteiger partial charge in [0.2, 0.25) is 0 Å². The van der Waals surface area contributed by atoms with Crippen LogP contribution in [0.5, 0.6) is 11.5 Å². The van der Waals surface area contributed by atoms with E-state index < -0.39 is 0 Å². The molecule has 0 unspecified atom stereocenters. The predicted octanol–water partition coefficient (Wildman–Crippen LogP) is 3.40. The van der Waals surface area contributed by atoms with E-state index in [9.17, 15) is 4.79 Å². The van der Waals surface area contributed by atoms with E-state index in [0.717, 1.165) is 49.4 Å². The predicted molar refractivity (Wildman–Crippen MR) is 120 cm³/mol. The minimum atomic E-state index is -0.364. The van der Waals surface area contributed by atoms with E-state index in [4.69, 9.17) is 9.47 Å². The topological polar surface area (TPSA) is 88.1 Å². The zero-order chi connectivity index (χ0) is 21.8.